The topological polar surface area (TPSA) is 71.3 Å². The van der Waals surface area contributed by atoms with Gasteiger partial charge in [0.2, 0.25) is 5.82 Å². The van der Waals surface area contributed by atoms with Crippen LogP contribution in [0, 0.1) is 0 Å². The molecule has 0 fully saturated rings. The number of nitrogens with zero attached hydrogens (tertiary/aromatic N) is 3. The Hall–Kier alpha value is -3.90. The molecule has 7 heteroatoms. The molecule has 2 amide bonds. The zero-order valence-electron chi connectivity index (χ0n) is 18.6. The van der Waals surface area contributed by atoms with Gasteiger partial charge in [-0.3, -0.25) is 4.90 Å². The Kier molecular flexibility index (Phi) is 6.14. The zero-order chi connectivity index (χ0) is 23.5. The summed E-state index contributed by atoms with van der Waals surface area (Å²) in [6.45, 7) is 2.46. The van der Waals surface area contributed by atoms with E-state index in [1.165, 1.54) is 0 Å². The third kappa shape index (κ3) is 4.45. The monoisotopic (exact) mass is 470 g/mol. The van der Waals surface area contributed by atoms with Crippen LogP contribution in [0.4, 0.5) is 4.79 Å². The third-order valence-electron chi connectivity index (χ3n) is 5.95. The van der Waals surface area contributed by atoms with Crippen LogP contribution in [0.2, 0.25) is 5.02 Å². The van der Waals surface area contributed by atoms with E-state index in [0.29, 0.717) is 23.3 Å². The lowest BCUT2D eigenvalue weighted by Crippen LogP contribution is -2.46. The van der Waals surface area contributed by atoms with E-state index in [2.05, 4.69) is 27.6 Å². The summed E-state index contributed by atoms with van der Waals surface area (Å²) in [5.74, 6) is 0.840. The summed E-state index contributed by atoms with van der Waals surface area (Å²) in [7, 11) is 0. The second-order valence-corrected chi connectivity index (χ2v) is 8.55. The predicted molar refractivity (Wildman–Crippen MR) is 132 cm³/mol. The number of amides is 2. The lowest BCUT2D eigenvalue weighted by molar-refractivity contribution is 0.205. The normalized spacial score (nSPS) is 16.0. The van der Waals surface area contributed by atoms with Gasteiger partial charge in [-0.15, -0.1) is 0 Å². The predicted octanol–water partition coefficient (Wildman–Crippen LogP) is 6.13. The summed E-state index contributed by atoms with van der Waals surface area (Å²) in [5, 5.41) is 7.97. The molecule has 1 unspecified atom stereocenters. The average molecular weight is 471 g/mol. The third-order valence-corrected chi connectivity index (χ3v) is 6.21. The summed E-state index contributed by atoms with van der Waals surface area (Å²) >= 11 is 6.02. The highest BCUT2D eigenvalue weighted by Gasteiger charge is 2.35. The number of allylic oxidation sites excluding steroid dienone is 1. The molecule has 1 N–H and O–H groups in total. The molecule has 2 heterocycles. The van der Waals surface area contributed by atoms with Gasteiger partial charge in [-0.05, 0) is 48.7 Å². The van der Waals surface area contributed by atoms with E-state index in [1.807, 2.05) is 67.6 Å². The minimum atomic E-state index is -0.403. The number of hydrogen-bond donors (Lipinski definition) is 1. The largest absolute Gasteiger partial charge is 0.334 e. The molecule has 4 aromatic rings. The van der Waals surface area contributed by atoms with Gasteiger partial charge in [0, 0.05) is 22.8 Å². The fourth-order valence-corrected chi connectivity index (χ4v) is 4.28. The van der Waals surface area contributed by atoms with Gasteiger partial charge < -0.3 is 9.84 Å². The summed E-state index contributed by atoms with van der Waals surface area (Å²) < 4.78 is 5.73. The number of carbonyl (C=O) groups excluding carboxylic acids is 1. The van der Waals surface area contributed by atoms with Crippen LogP contribution >= 0.6 is 11.6 Å². The van der Waals surface area contributed by atoms with E-state index < -0.39 is 6.04 Å². The quantitative estimate of drug-likeness (QED) is 0.368. The minimum Gasteiger partial charge on any atom is -0.334 e. The van der Waals surface area contributed by atoms with E-state index in [-0.39, 0.29) is 6.03 Å². The van der Waals surface area contributed by atoms with Crippen molar-refractivity contribution in [3.05, 3.63) is 113 Å². The first kappa shape index (κ1) is 21.9. The number of carbonyl (C=O) groups is 1. The molecular weight excluding hydrogens is 448 g/mol. The van der Waals surface area contributed by atoms with Crippen molar-refractivity contribution in [1.82, 2.24) is 20.4 Å². The highest BCUT2D eigenvalue weighted by molar-refractivity contribution is 6.30. The number of urea groups is 1. The molecule has 0 radical (unpaired) electrons. The highest BCUT2D eigenvalue weighted by Crippen LogP contribution is 2.37. The van der Waals surface area contributed by atoms with Gasteiger partial charge in [-0.2, -0.15) is 4.98 Å². The van der Waals surface area contributed by atoms with E-state index >= 15 is 0 Å². The molecule has 0 spiro atoms. The van der Waals surface area contributed by atoms with E-state index in [4.69, 9.17) is 16.1 Å². The van der Waals surface area contributed by atoms with Gasteiger partial charge >= 0.3 is 6.03 Å². The molecule has 5 rings (SSSR count). The van der Waals surface area contributed by atoms with Crippen molar-refractivity contribution in [2.24, 2.45) is 0 Å². The number of aromatic nitrogens is 2. The van der Waals surface area contributed by atoms with Crippen LogP contribution in [0.5, 0.6) is 0 Å². The summed E-state index contributed by atoms with van der Waals surface area (Å²) in [6.07, 6.45) is 0.731. The van der Waals surface area contributed by atoms with Crippen LogP contribution in [-0.4, -0.2) is 27.6 Å². The Bertz CT molecular complexity index is 1320. The number of nitrogens with one attached hydrogen (secondary N) is 1. The second kappa shape index (κ2) is 9.53. The first-order valence-electron chi connectivity index (χ1n) is 11.1. The lowest BCUT2D eigenvalue weighted by Gasteiger charge is -2.35. The Labute approximate surface area is 202 Å². The SMILES string of the molecule is CC1=C(c2nc(-c3ccc(Cl)cc3)no2)C(c2ccccc2)NC(=O)N1CCc1ccccc1. The molecule has 1 aliphatic rings. The lowest BCUT2D eigenvalue weighted by atomic mass is 9.94. The molecule has 0 saturated heterocycles. The van der Waals surface area contributed by atoms with Gasteiger partial charge in [0.05, 0.1) is 11.6 Å². The first-order valence-corrected chi connectivity index (χ1v) is 11.5. The Morgan fingerprint density at radius 3 is 2.35 bits per heavy atom. The van der Waals surface area contributed by atoms with Gasteiger partial charge in [0.25, 0.3) is 5.89 Å². The highest BCUT2D eigenvalue weighted by atomic mass is 35.5. The molecule has 34 heavy (non-hydrogen) atoms. The molecule has 0 saturated carbocycles. The van der Waals surface area contributed by atoms with Gasteiger partial charge in [-0.1, -0.05) is 77.4 Å². The molecule has 0 aliphatic carbocycles. The standard InChI is InChI=1S/C27H23ClN4O2/c1-18-23(26-30-25(31-34-26)21-12-14-22(28)15-13-21)24(20-10-6-3-7-11-20)29-27(33)32(18)17-16-19-8-4-2-5-9-19/h2-15,24H,16-17H2,1H3,(H,29,33). The number of benzene rings is 3. The summed E-state index contributed by atoms with van der Waals surface area (Å²) in [4.78, 5) is 19.6. The molecular formula is C27H23ClN4O2. The Morgan fingerprint density at radius 2 is 1.65 bits per heavy atom. The molecule has 6 nitrogen and oxygen atoms in total. The zero-order valence-corrected chi connectivity index (χ0v) is 19.4. The molecule has 3 aromatic carbocycles. The van der Waals surface area contributed by atoms with Crippen molar-refractivity contribution < 1.29 is 9.32 Å². The molecule has 1 aliphatic heterocycles. The Balaban J connectivity index is 1.53. The van der Waals surface area contributed by atoms with Crippen LogP contribution in [0.25, 0.3) is 17.0 Å². The van der Waals surface area contributed by atoms with Crippen molar-refractivity contribution in [3.8, 4) is 11.4 Å². The molecule has 1 aromatic heterocycles. The van der Waals surface area contributed by atoms with Crippen LogP contribution < -0.4 is 5.32 Å². The van der Waals surface area contributed by atoms with Crippen molar-refractivity contribution in [2.45, 2.75) is 19.4 Å². The van der Waals surface area contributed by atoms with Crippen molar-refractivity contribution >= 4 is 23.2 Å². The average Bonchev–Trinajstić information content (AvgIpc) is 3.35. The smallest absolute Gasteiger partial charge is 0.322 e. The maximum absolute atomic E-state index is 13.1. The van der Waals surface area contributed by atoms with E-state index in [9.17, 15) is 4.79 Å². The molecule has 1 atom stereocenters. The fraction of sp³-hybridized carbons (Fsp3) is 0.148. The summed E-state index contributed by atoms with van der Waals surface area (Å²) in [5.41, 5.74) is 4.48. The molecule has 0 bridgehead atoms. The van der Waals surface area contributed by atoms with Crippen LogP contribution in [0.15, 0.2) is 95.1 Å². The van der Waals surface area contributed by atoms with Crippen molar-refractivity contribution in [3.63, 3.8) is 0 Å². The number of hydrogen-bond acceptors (Lipinski definition) is 4. The van der Waals surface area contributed by atoms with Crippen LogP contribution in [0.1, 0.15) is 30.0 Å². The minimum absolute atomic E-state index is 0.150. The first-order chi connectivity index (χ1) is 16.6. The van der Waals surface area contributed by atoms with Gasteiger partial charge in [0.1, 0.15) is 0 Å². The fourth-order valence-electron chi connectivity index (χ4n) is 4.16. The number of rotatable bonds is 6. The van der Waals surface area contributed by atoms with Gasteiger partial charge in [0.15, 0.2) is 0 Å². The van der Waals surface area contributed by atoms with Crippen LogP contribution in [-0.2, 0) is 6.42 Å². The van der Waals surface area contributed by atoms with Crippen LogP contribution in [0.3, 0.4) is 0 Å². The Morgan fingerprint density at radius 1 is 0.971 bits per heavy atom. The van der Waals surface area contributed by atoms with Crippen molar-refractivity contribution in [1.29, 1.82) is 0 Å². The van der Waals surface area contributed by atoms with Crippen molar-refractivity contribution in [2.75, 3.05) is 6.54 Å². The maximum atomic E-state index is 13.1. The maximum Gasteiger partial charge on any atom is 0.322 e. The second-order valence-electron chi connectivity index (χ2n) is 8.11. The van der Waals surface area contributed by atoms with Gasteiger partial charge in [-0.25, -0.2) is 4.79 Å². The number of halogens is 1. The summed E-state index contributed by atoms with van der Waals surface area (Å²) in [6, 6.07) is 26.6. The van der Waals surface area contributed by atoms with E-state index in [0.717, 1.165) is 34.4 Å². The molecule has 170 valence electrons. The van der Waals surface area contributed by atoms with E-state index in [1.54, 1.807) is 17.0 Å².